The Hall–Kier alpha value is -1.93. The summed E-state index contributed by atoms with van der Waals surface area (Å²) in [5.74, 6) is -1.70. The van der Waals surface area contributed by atoms with Gasteiger partial charge in [0.15, 0.2) is 9.84 Å². The van der Waals surface area contributed by atoms with Gasteiger partial charge >= 0.3 is 5.97 Å². The van der Waals surface area contributed by atoms with Gasteiger partial charge in [0.2, 0.25) is 0 Å². The molecule has 2 aromatic carbocycles. The molecule has 2 rings (SSSR count). The van der Waals surface area contributed by atoms with Crippen LogP contribution in [0.4, 0.5) is 4.39 Å². The molecule has 0 aliphatic rings. The molecule has 0 atom stereocenters. The fraction of sp³-hybridized carbons (Fsp3) is 0.188. The highest BCUT2D eigenvalue weighted by atomic mass is 79.9. The number of rotatable bonds is 5. The maximum Gasteiger partial charge on any atom is 0.342 e. The molecule has 5 nitrogen and oxygen atoms in total. The van der Waals surface area contributed by atoms with Crippen LogP contribution in [0.15, 0.2) is 45.8 Å². The lowest BCUT2D eigenvalue weighted by Gasteiger charge is -2.14. The van der Waals surface area contributed by atoms with Crippen molar-refractivity contribution in [1.29, 1.82) is 0 Å². The summed E-state index contributed by atoms with van der Waals surface area (Å²) in [7, 11) is -1.31. The predicted octanol–water partition coefficient (Wildman–Crippen LogP) is 3.36. The normalized spacial score (nSPS) is 11.2. The van der Waals surface area contributed by atoms with Gasteiger partial charge in [0.1, 0.15) is 17.1 Å². The molecule has 128 valence electrons. The molecule has 0 radical (unpaired) electrons. The number of hydrogen-bond donors (Lipinski definition) is 0. The topological polar surface area (TPSA) is 69.7 Å². The van der Waals surface area contributed by atoms with Crippen molar-refractivity contribution in [2.45, 2.75) is 10.6 Å². The number of carbonyl (C=O) groups excluding carboxylic acids is 1. The largest absolute Gasteiger partial charge is 0.495 e. The van der Waals surface area contributed by atoms with E-state index in [0.29, 0.717) is 4.47 Å². The molecule has 0 spiro atoms. The van der Waals surface area contributed by atoms with Crippen LogP contribution in [0, 0.1) is 5.82 Å². The Balaban J connectivity index is 2.55. The van der Waals surface area contributed by atoms with Crippen LogP contribution >= 0.6 is 15.9 Å². The van der Waals surface area contributed by atoms with Gasteiger partial charge in [0, 0.05) is 0 Å². The first-order valence-corrected chi connectivity index (χ1v) is 9.16. The summed E-state index contributed by atoms with van der Waals surface area (Å²) in [6.07, 6.45) is 0. The molecule has 2 aromatic rings. The Morgan fingerprint density at radius 1 is 1.21 bits per heavy atom. The van der Waals surface area contributed by atoms with Crippen molar-refractivity contribution in [3.05, 3.63) is 57.8 Å². The maximum absolute atomic E-state index is 13.3. The standard InChI is InChI=1S/C16H14BrFO5S/c1-22-15-13(17)7-6-10(14(15)16(19)23-2)9-24(20,21)12-5-3-4-11(18)8-12/h3-8H,9H2,1-2H3. The SMILES string of the molecule is COC(=O)c1c(CS(=O)(=O)c2cccc(F)c2)ccc(Br)c1OC. The van der Waals surface area contributed by atoms with Gasteiger partial charge in [-0.15, -0.1) is 0 Å². The van der Waals surface area contributed by atoms with E-state index in [1.165, 1.54) is 32.4 Å². The number of carbonyl (C=O) groups is 1. The summed E-state index contributed by atoms with van der Waals surface area (Å²) in [6, 6.07) is 7.75. The smallest absolute Gasteiger partial charge is 0.342 e. The molecule has 0 aliphatic heterocycles. The van der Waals surface area contributed by atoms with E-state index < -0.39 is 27.4 Å². The number of ether oxygens (including phenoxy) is 2. The molecule has 0 unspecified atom stereocenters. The summed E-state index contributed by atoms with van der Waals surface area (Å²) >= 11 is 3.24. The Labute approximate surface area is 147 Å². The average molecular weight is 417 g/mol. The van der Waals surface area contributed by atoms with Crippen molar-refractivity contribution in [2.24, 2.45) is 0 Å². The van der Waals surface area contributed by atoms with Gasteiger partial charge in [-0.1, -0.05) is 12.1 Å². The van der Waals surface area contributed by atoms with E-state index >= 15 is 0 Å². The van der Waals surface area contributed by atoms with Crippen LogP contribution in [0.2, 0.25) is 0 Å². The Morgan fingerprint density at radius 2 is 1.92 bits per heavy atom. The molecule has 0 heterocycles. The van der Waals surface area contributed by atoms with Crippen LogP contribution in [0.3, 0.4) is 0 Å². The number of sulfone groups is 1. The van der Waals surface area contributed by atoms with E-state index in [1.807, 2.05) is 0 Å². The molecule has 0 bridgehead atoms. The van der Waals surface area contributed by atoms with Crippen molar-refractivity contribution >= 4 is 31.7 Å². The van der Waals surface area contributed by atoms with Crippen LogP contribution in [-0.2, 0) is 20.3 Å². The monoisotopic (exact) mass is 416 g/mol. The van der Waals surface area contributed by atoms with Gasteiger partial charge < -0.3 is 9.47 Å². The van der Waals surface area contributed by atoms with Gasteiger partial charge in [0.05, 0.1) is 29.3 Å². The van der Waals surface area contributed by atoms with E-state index in [0.717, 1.165) is 12.1 Å². The predicted molar refractivity (Wildman–Crippen MR) is 89.3 cm³/mol. The van der Waals surface area contributed by atoms with Crippen LogP contribution in [-0.4, -0.2) is 28.6 Å². The average Bonchev–Trinajstić information content (AvgIpc) is 2.55. The molecular weight excluding hydrogens is 403 g/mol. The third-order valence-electron chi connectivity index (χ3n) is 3.29. The first-order valence-electron chi connectivity index (χ1n) is 6.72. The zero-order valence-corrected chi connectivity index (χ0v) is 15.3. The first-order chi connectivity index (χ1) is 11.3. The van der Waals surface area contributed by atoms with Crippen LogP contribution in [0.25, 0.3) is 0 Å². The highest BCUT2D eigenvalue weighted by molar-refractivity contribution is 9.10. The first kappa shape index (κ1) is 18.4. The summed E-state index contributed by atoms with van der Waals surface area (Å²) in [5, 5.41) is 0. The number of halogens is 2. The van der Waals surface area contributed by atoms with E-state index in [-0.39, 0.29) is 21.8 Å². The van der Waals surface area contributed by atoms with E-state index in [1.54, 1.807) is 6.07 Å². The maximum atomic E-state index is 13.3. The highest BCUT2D eigenvalue weighted by Gasteiger charge is 2.25. The summed E-state index contributed by atoms with van der Waals surface area (Å²) in [6.45, 7) is 0. The fourth-order valence-electron chi connectivity index (χ4n) is 2.19. The van der Waals surface area contributed by atoms with Crippen LogP contribution in [0.1, 0.15) is 15.9 Å². The van der Waals surface area contributed by atoms with E-state index in [4.69, 9.17) is 9.47 Å². The van der Waals surface area contributed by atoms with Crippen molar-refractivity contribution in [3.63, 3.8) is 0 Å². The molecule has 0 aromatic heterocycles. The van der Waals surface area contributed by atoms with Crippen molar-refractivity contribution in [2.75, 3.05) is 14.2 Å². The second kappa shape index (κ2) is 7.31. The van der Waals surface area contributed by atoms with Crippen LogP contribution < -0.4 is 4.74 Å². The van der Waals surface area contributed by atoms with E-state index in [9.17, 15) is 17.6 Å². The summed E-state index contributed by atoms with van der Waals surface area (Å²) in [4.78, 5) is 11.9. The number of esters is 1. The lowest BCUT2D eigenvalue weighted by molar-refractivity contribution is 0.0596. The molecule has 0 aliphatic carbocycles. The fourth-order valence-corrected chi connectivity index (χ4v) is 4.08. The Kier molecular flexibility index (Phi) is 5.61. The molecule has 0 fully saturated rings. The van der Waals surface area contributed by atoms with Gasteiger partial charge in [0.25, 0.3) is 0 Å². The zero-order chi connectivity index (χ0) is 17.9. The molecule has 0 N–H and O–H groups in total. The van der Waals surface area contributed by atoms with Crippen LogP contribution in [0.5, 0.6) is 5.75 Å². The van der Waals surface area contributed by atoms with Crippen molar-refractivity contribution in [1.82, 2.24) is 0 Å². The molecule has 24 heavy (non-hydrogen) atoms. The minimum Gasteiger partial charge on any atom is -0.495 e. The second-order valence-corrected chi connectivity index (χ2v) is 7.67. The minimum absolute atomic E-state index is 0.00866. The minimum atomic E-state index is -3.86. The number of hydrogen-bond acceptors (Lipinski definition) is 5. The molecular formula is C16H14BrFO5S. The van der Waals surface area contributed by atoms with Crippen molar-refractivity contribution < 1.29 is 27.1 Å². The quantitative estimate of drug-likeness (QED) is 0.698. The van der Waals surface area contributed by atoms with Gasteiger partial charge in [-0.25, -0.2) is 17.6 Å². The lowest BCUT2D eigenvalue weighted by atomic mass is 10.1. The Morgan fingerprint density at radius 3 is 2.50 bits per heavy atom. The van der Waals surface area contributed by atoms with E-state index in [2.05, 4.69) is 15.9 Å². The molecule has 8 heteroatoms. The summed E-state index contributed by atoms with van der Waals surface area (Å²) < 4.78 is 48.7. The lowest BCUT2D eigenvalue weighted by Crippen LogP contribution is -2.13. The number of methoxy groups -OCH3 is 2. The third-order valence-corrected chi connectivity index (χ3v) is 5.58. The Bertz CT molecular complexity index is 880. The molecule has 0 saturated heterocycles. The second-order valence-electron chi connectivity index (χ2n) is 4.82. The number of benzene rings is 2. The van der Waals surface area contributed by atoms with Gasteiger partial charge in [-0.3, -0.25) is 0 Å². The summed E-state index contributed by atoms with van der Waals surface area (Å²) in [5.41, 5.74) is 0.209. The van der Waals surface area contributed by atoms with Gasteiger partial charge in [-0.2, -0.15) is 0 Å². The van der Waals surface area contributed by atoms with Crippen molar-refractivity contribution in [3.8, 4) is 5.75 Å². The third kappa shape index (κ3) is 3.76. The zero-order valence-electron chi connectivity index (χ0n) is 12.9. The van der Waals surface area contributed by atoms with Gasteiger partial charge in [-0.05, 0) is 45.8 Å². The molecule has 0 saturated carbocycles. The molecule has 0 amide bonds. The highest BCUT2D eigenvalue weighted by Crippen LogP contribution is 2.33.